The number of halogens is 3. The molecule has 1 amide bonds. The number of alkyl halides is 3. The van der Waals surface area contributed by atoms with Gasteiger partial charge in [-0.25, -0.2) is 9.59 Å². The summed E-state index contributed by atoms with van der Waals surface area (Å²) in [5.41, 5.74) is -0.587. The molecule has 122 valence electrons. The third kappa shape index (κ3) is 5.43. The lowest BCUT2D eigenvalue weighted by Crippen LogP contribution is -2.45. The van der Waals surface area contributed by atoms with Gasteiger partial charge in [0, 0.05) is 25.9 Å². The van der Waals surface area contributed by atoms with Crippen LogP contribution in [0.3, 0.4) is 0 Å². The number of piperidine rings is 1. The summed E-state index contributed by atoms with van der Waals surface area (Å²) >= 11 is 0. The first-order valence-corrected chi connectivity index (χ1v) is 6.81. The Hall–Kier alpha value is -1.47. The Morgan fingerprint density at radius 2 is 1.71 bits per heavy atom. The van der Waals surface area contributed by atoms with Crippen LogP contribution in [0.25, 0.3) is 0 Å². The first-order valence-electron chi connectivity index (χ1n) is 6.81. The summed E-state index contributed by atoms with van der Waals surface area (Å²) in [6.07, 6.45) is -5.31. The van der Waals surface area contributed by atoms with Crippen LogP contribution >= 0.6 is 0 Å². The number of likely N-dealkylation sites (tertiary alicyclic amines) is 1. The average molecular weight is 311 g/mol. The molecule has 0 aliphatic carbocycles. The van der Waals surface area contributed by atoms with E-state index in [2.05, 4.69) is 4.74 Å². The van der Waals surface area contributed by atoms with Crippen molar-refractivity contribution in [2.45, 2.75) is 57.9 Å². The molecule has 1 fully saturated rings. The second-order valence-corrected chi connectivity index (χ2v) is 5.57. The molecule has 0 aromatic heterocycles. The normalized spacial score (nSPS) is 17.5. The van der Waals surface area contributed by atoms with Gasteiger partial charge in [0.05, 0.1) is 0 Å². The van der Waals surface area contributed by atoms with E-state index in [4.69, 9.17) is 4.74 Å². The highest BCUT2D eigenvalue weighted by Crippen LogP contribution is 2.22. The molecule has 1 aliphatic rings. The van der Waals surface area contributed by atoms with Crippen molar-refractivity contribution in [3.8, 4) is 0 Å². The van der Waals surface area contributed by atoms with Gasteiger partial charge in [0.1, 0.15) is 11.7 Å². The van der Waals surface area contributed by atoms with Gasteiger partial charge in [-0.3, -0.25) is 0 Å². The highest BCUT2D eigenvalue weighted by atomic mass is 19.4. The Labute approximate surface area is 121 Å². The van der Waals surface area contributed by atoms with Crippen LogP contribution < -0.4 is 0 Å². The summed E-state index contributed by atoms with van der Waals surface area (Å²) in [4.78, 5) is 24.0. The Kier molecular flexibility index (Phi) is 5.47. The average Bonchev–Trinajstić information content (AvgIpc) is 2.38. The maximum atomic E-state index is 12.1. The van der Waals surface area contributed by atoms with Crippen molar-refractivity contribution in [1.82, 2.24) is 4.90 Å². The molecule has 1 aliphatic heterocycles. The van der Waals surface area contributed by atoms with E-state index in [9.17, 15) is 22.8 Å². The maximum absolute atomic E-state index is 12.1. The minimum atomic E-state index is -4.98. The summed E-state index contributed by atoms with van der Waals surface area (Å²) in [6, 6.07) is 0. The Balaban J connectivity index is 2.42. The quantitative estimate of drug-likeness (QED) is 0.752. The fourth-order valence-corrected chi connectivity index (χ4v) is 1.75. The zero-order valence-electron chi connectivity index (χ0n) is 12.3. The summed E-state index contributed by atoms with van der Waals surface area (Å²) in [5.74, 6) is -2.18. The molecule has 0 spiro atoms. The van der Waals surface area contributed by atoms with Crippen LogP contribution in [-0.4, -0.2) is 47.9 Å². The van der Waals surface area contributed by atoms with Crippen molar-refractivity contribution in [2.75, 3.05) is 13.1 Å². The predicted molar refractivity (Wildman–Crippen MR) is 67.6 cm³/mol. The number of ether oxygens (including phenoxy) is 2. The first kappa shape index (κ1) is 17.6. The van der Waals surface area contributed by atoms with Crippen LogP contribution in [0, 0.1) is 0 Å². The number of carbonyl (C=O) groups is 2. The minimum absolute atomic E-state index is 0.170. The standard InChI is InChI=1S/C13H20F3NO4/c1-4-12(2,3)21-11(19)17-7-5-9(6-8-17)20-10(18)13(14,15)16/h9H,4-8H2,1-3H3. The highest BCUT2D eigenvalue weighted by molar-refractivity contribution is 5.75. The van der Waals surface area contributed by atoms with Crippen molar-refractivity contribution in [3.63, 3.8) is 0 Å². The Morgan fingerprint density at radius 1 is 1.19 bits per heavy atom. The van der Waals surface area contributed by atoms with E-state index < -0.39 is 29.9 Å². The van der Waals surface area contributed by atoms with E-state index >= 15 is 0 Å². The molecule has 1 saturated heterocycles. The molecule has 0 aromatic rings. The molecule has 1 heterocycles. The van der Waals surface area contributed by atoms with E-state index in [1.165, 1.54) is 4.90 Å². The molecule has 5 nitrogen and oxygen atoms in total. The van der Waals surface area contributed by atoms with Crippen molar-refractivity contribution >= 4 is 12.1 Å². The summed E-state index contributed by atoms with van der Waals surface area (Å²) in [7, 11) is 0. The number of nitrogens with zero attached hydrogens (tertiary/aromatic N) is 1. The van der Waals surface area contributed by atoms with Crippen molar-refractivity contribution in [1.29, 1.82) is 0 Å². The molecule has 8 heteroatoms. The van der Waals surface area contributed by atoms with Crippen LogP contribution in [0.1, 0.15) is 40.0 Å². The van der Waals surface area contributed by atoms with E-state index in [0.29, 0.717) is 6.42 Å². The minimum Gasteiger partial charge on any atom is -0.456 e. The van der Waals surface area contributed by atoms with Crippen LogP contribution in [0.2, 0.25) is 0 Å². The van der Waals surface area contributed by atoms with E-state index in [1.807, 2.05) is 6.92 Å². The Bertz CT molecular complexity index is 387. The lowest BCUT2D eigenvalue weighted by molar-refractivity contribution is -0.206. The van der Waals surface area contributed by atoms with E-state index in [0.717, 1.165) is 0 Å². The van der Waals surface area contributed by atoms with Gasteiger partial charge in [-0.15, -0.1) is 0 Å². The van der Waals surface area contributed by atoms with Gasteiger partial charge in [0.15, 0.2) is 0 Å². The molecular weight excluding hydrogens is 291 g/mol. The molecule has 0 unspecified atom stereocenters. The van der Waals surface area contributed by atoms with Gasteiger partial charge in [-0.05, 0) is 20.3 Å². The second kappa shape index (κ2) is 6.53. The zero-order chi connectivity index (χ0) is 16.3. The topological polar surface area (TPSA) is 55.8 Å². The molecule has 0 radical (unpaired) electrons. The molecule has 0 atom stereocenters. The summed E-state index contributed by atoms with van der Waals surface area (Å²) in [5, 5.41) is 0. The van der Waals surface area contributed by atoms with Gasteiger partial charge in [-0.2, -0.15) is 13.2 Å². The van der Waals surface area contributed by atoms with Crippen LogP contribution in [0.5, 0.6) is 0 Å². The number of amides is 1. The van der Waals surface area contributed by atoms with E-state index in [1.54, 1.807) is 13.8 Å². The fraction of sp³-hybridized carbons (Fsp3) is 0.846. The molecule has 0 aromatic carbocycles. The zero-order valence-corrected chi connectivity index (χ0v) is 12.3. The van der Waals surface area contributed by atoms with Crippen LogP contribution in [-0.2, 0) is 14.3 Å². The third-order valence-electron chi connectivity index (χ3n) is 3.42. The number of carbonyl (C=O) groups excluding carboxylic acids is 2. The fourth-order valence-electron chi connectivity index (χ4n) is 1.75. The van der Waals surface area contributed by atoms with Gasteiger partial charge in [0.25, 0.3) is 0 Å². The number of hydrogen-bond donors (Lipinski definition) is 0. The van der Waals surface area contributed by atoms with Crippen molar-refractivity contribution in [2.24, 2.45) is 0 Å². The van der Waals surface area contributed by atoms with E-state index in [-0.39, 0.29) is 25.9 Å². The lowest BCUT2D eigenvalue weighted by atomic mass is 10.1. The van der Waals surface area contributed by atoms with Gasteiger partial charge in [0.2, 0.25) is 0 Å². The van der Waals surface area contributed by atoms with Crippen molar-refractivity contribution in [3.05, 3.63) is 0 Å². The summed E-state index contributed by atoms with van der Waals surface area (Å²) in [6.45, 7) is 5.85. The molecule has 21 heavy (non-hydrogen) atoms. The van der Waals surface area contributed by atoms with Crippen molar-refractivity contribution < 1.29 is 32.2 Å². The summed E-state index contributed by atoms with van der Waals surface area (Å²) < 4.78 is 45.9. The molecule has 0 bridgehead atoms. The Morgan fingerprint density at radius 3 is 2.14 bits per heavy atom. The SMILES string of the molecule is CCC(C)(C)OC(=O)N1CCC(OC(=O)C(F)(F)F)CC1. The maximum Gasteiger partial charge on any atom is 0.490 e. The van der Waals surface area contributed by atoms with Crippen LogP contribution in [0.4, 0.5) is 18.0 Å². The smallest absolute Gasteiger partial charge is 0.456 e. The molecule has 0 saturated carbocycles. The third-order valence-corrected chi connectivity index (χ3v) is 3.42. The monoisotopic (exact) mass is 311 g/mol. The van der Waals surface area contributed by atoms with Gasteiger partial charge in [-0.1, -0.05) is 6.92 Å². The highest BCUT2D eigenvalue weighted by Gasteiger charge is 2.42. The molecule has 1 rings (SSSR count). The van der Waals surface area contributed by atoms with Gasteiger partial charge < -0.3 is 14.4 Å². The molecular formula is C13H20F3NO4. The van der Waals surface area contributed by atoms with Crippen LogP contribution in [0.15, 0.2) is 0 Å². The number of hydrogen-bond acceptors (Lipinski definition) is 4. The first-order chi connectivity index (χ1) is 9.55. The molecule has 0 N–H and O–H groups in total. The predicted octanol–water partition coefficient (Wildman–Crippen LogP) is 2.88. The second-order valence-electron chi connectivity index (χ2n) is 5.57. The lowest BCUT2D eigenvalue weighted by Gasteiger charge is -2.33. The largest absolute Gasteiger partial charge is 0.490 e. The number of esters is 1. The number of rotatable bonds is 3. The van der Waals surface area contributed by atoms with Gasteiger partial charge >= 0.3 is 18.2 Å².